The number of hydrogen-bond donors (Lipinski definition) is 2. The topological polar surface area (TPSA) is 83.5 Å². The molecule has 0 saturated carbocycles. The van der Waals surface area contributed by atoms with Gasteiger partial charge in [-0.25, -0.2) is 4.72 Å². The van der Waals surface area contributed by atoms with Gasteiger partial charge < -0.3 is 0 Å². The van der Waals surface area contributed by atoms with Crippen molar-refractivity contribution in [3.63, 3.8) is 0 Å². The van der Waals surface area contributed by atoms with E-state index in [0.717, 1.165) is 5.56 Å². The van der Waals surface area contributed by atoms with E-state index in [1.807, 2.05) is 30.3 Å². The molecule has 0 atom stereocenters. The zero-order valence-corrected chi connectivity index (χ0v) is 9.15. The Labute approximate surface area is 93.7 Å². The van der Waals surface area contributed by atoms with Crippen molar-refractivity contribution < 1.29 is 17.8 Å². The van der Waals surface area contributed by atoms with Crippen molar-refractivity contribution in [2.24, 2.45) is 0 Å². The van der Waals surface area contributed by atoms with Gasteiger partial charge in [-0.3, -0.25) is 9.35 Å². The average molecular weight is 241 g/mol. The minimum atomic E-state index is -4.45. The van der Waals surface area contributed by atoms with Crippen molar-refractivity contribution in [3.8, 4) is 0 Å². The molecule has 16 heavy (non-hydrogen) atoms. The van der Waals surface area contributed by atoms with E-state index in [0.29, 0.717) is 0 Å². The maximum Gasteiger partial charge on any atom is 0.359 e. The summed E-state index contributed by atoms with van der Waals surface area (Å²) in [5.74, 6) is -0.783. The molecule has 1 rings (SSSR count). The Balaban J connectivity index is 2.47. The van der Waals surface area contributed by atoms with Crippen LogP contribution >= 0.6 is 0 Å². The molecule has 0 radical (unpaired) electrons. The Morgan fingerprint density at radius 3 is 2.50 bits per heavy atom. The Bertz CT molecular complexity index is 479. The fourth-order valence-electron chi connectivity index (χ4n) is 1.05. The van der Waals surface area contributed by atoms with Crippen LogP contribution in [-0.4, -0.2) is 18.9 Å². The average Bonchev–Trinajstić information content (AvgIpc) is 2.16. The van der Waals surface area contributed by atoms with E-state index in [2.05, 4.69) is 0 Å². The third-order valence-corrected chi connectivity index (χ3v) is 2.14. The van der Waals surface area contributed by atoms with Crippen molar-refractivity contribution in [3.05, 3.63) is 42.0 Å². The maximum absolute atomic E-state index is 10.9. The van der Waals surface area contributed by atoms with Crippen LogP contribution in [0.15, 0.2) is 36.4 Å². The molecule has 0 aliphatic carbocycles. The Morgan fingerprint density at radius 1 is 1.31 bits per heavy atom. The molecule has 0 spiro atoms. The summed E-state index contributed by atoms with van der Waals surface area (Å²) in [7, 11) is -4.45. The van der Waals surface area contributed by atoms with Crippen molar-refractivity contribution in [2.45, 2.75) is 6.42 Å². The molecule has 1 amide bonds. The van der Waals surface area contributed by atoms with Gasteiger partial charge in [-0.15, -0.1) is 0 Å². The SMILES string of the molecule is O=C(C/C=C/c1ccccc1)NS(=O)(=O)O. The largest absolute Gasteiger partial charge is 0.359 e. The first-order valence-electron chi connectivity index (χ1n) is 4.47. The summed E-state index contributed by atoms with van der Waals surface area (Å²) in [6.07, 6.45) is 3.08. The number of rotatable bonds is 4. The van der Waals surface area contributed by atoms with Gasteiger partial charge in [-0.1, -0.05) is 42.5 Å². The molecule has 1 aromatic carbocycles. The highest BCUT2D eigenvalue weighted by Gasteiger charge is 2.07. The highest BCUT2D eigenvalue weighted by atomic mass is 32.2. The monoisotopic (exact) mass is 241 g/mol. The zero-order chi connectivity index (χ0) is 12.0. The molecule has 0 heterocycles. The minimum absolute atomic E-state index is 0.116. The van der Waals surface area contributed by atoms with Gasteiger partial charge in [0.15, 0.2) is 0 Å². The van der Waals surface area contributed by atoms with Crippen LogP contribution in [0.1, 0.15) is 12.0 Å². The Morgan fingerprint density at radius 2 is 1.94 bits per heavy atom. The second-order valence-electron chi connectivity index (χ2n) is 3.02. The molecule has 0 saturated heterocycles. The zero-order valence-electron chi connectivity index (χ0n) is 8.33. The number of carbonyl (C=O) groups excluding carboxylic acids is 1. The molecule has 0 fully saturated rings. The molecule has 86 valence electrons. The van der Waals surface area contributed by atoms with Gasteiger partial charge in [-0.05, 0) is 5.56 Å². The van der Waals surface area contributed by atoms with Crippen LogP contribution < -0.4 is 4.72 Å². The molecule has 2 N–H and O–H groups in total. The normalized spacial score (nSPS) is 11.6. The van der Waals surface area contributed by atoms with Gasteiger partial charge in [0.25, 0.3) is 0 Å². The lowest BCUT2D eigenvalue weighted by molar-refractivity contribution is -0.118. The number of hydrogen-bond acceptors (Lipinski definition) is 3. The lowest BCUT2D eigenvalue weighted by atomic mass is 10.2. The van der Waals surface area contributed by atoms with E-state index in [1.165, 1.54) is 10.8 Å². The van der Waals surface area contributed by atoms with Crippen LogP contribution in [0.2, 0.25) is 0 Å². The lowest BCUT2D eigenvalue weighted by Gasteiger charge is -1.97. The molecule has 0 bridgehead atoms. The highest BCUT2D eigenvalue weighted by Crippen LogP contribution is 2.01. The van der Waals surface area contributed by atoms with E-state index in [-0.39, 0.29) is 6.42 Å². The van der Waals surface area contributed by atoms with Gasteiger partial charge in [0, 0.05) is 6.42 Å². The fraction of sp³-hybridized carbons (Fsp3) is 0.100. The van der Waals surface area contributed by atoms with Crippen molar-refractivity contribution in [2.75, 3.05) is 0 Å². The van der Waals surface area contributed by atoms with Crippen molar-refractivity contribution >= 4 is 22.3 Å². The van der Waals surface area contributed by atoms with E-state index in [9.17, 15) is 13.2 Å². The molecular formula is C10H11NO4S. The van der Waals surface area contributed by atoms with E-state index >= 15 is 0 Å². The molecule has 0 aliphatic heterocycles. The maximum atomic E-state index is 10.9. The molecule has 6 heteroatoms. The fourth-order valence-corrected chi connectivity index (χ4v) is 1.42. The third kappa shape index (κ3) is 5.28. The number of benzene rings is 1. The molecule has 0 unspecified atom stereocenters. The van der Waals surface area contributed by atoms with Gasteiger partial charge >= 0.3 is 10.3 Å². The van der Waals surface area contributed by atoms with Gasteiger partial charge in [0.2, 0.25) is 5.91 Å². The van der Waals surface area contributed by atoms with Gasteiger partial charge in [0.1, 0.15) is 0 Å². The lowest BCUT2D eigenvalue weighted by Crippen LogP contribution is -2.28. The second kappa shape index (κ2) is 5.43. The van der Waals surface area contributed by atoms with E-state index in [4.69, 9.17) is 4.55 Å². The first-order chi connectivity index (χ1) is 7.47. The molecule has 5 nitrogen and oxygen atoms in total. The number of nitrogens with one attached hydrogen (secondary N) is 1. The predicted octanol–water partition coefficient (Wildman–Crippen LogP) is 1.01. The van der Waals surface area contributed by atoms with Crippen LogP contribution in [0, 0.1) is 0 Å². The summed E-state index contributed by atoms with van der Waals surface area (Å²) >= 11 is 0. The van der Waals surface area contributed by atoms with Crippen LogP contribution in [-0.2, 0) is 15.1 Å². The van der Waals surface area contributed by atoms with Crippen LogP contribution in [0.3, 0.4) is 0 Å². The van der Waals surface area contributed by atoms with Crippen LogP contribution in [0.25, 0.3) is 6.08 Å². The predicted molar refractivity (Wildman–Crippen MR) is 59.8 cm³/mol. The van der Waals surface area contributed by atoms with Crippen molar-refractivity contribution in [1.82, 2.24) is 4.72 Å². The molecule has 0 aromatic heterocycles. The van der Waals surface area contributed by atoms with Crippen molar-refractivity contribution in [1.29, 1.82) is 0 Å². The molecule has 1 aromatic rings. The van der Waals surface area contributed by atoms with Crippen LogP contribution in [0.4, 0.5) is 0 Å². The summed E-state index contributed by atoms with van der Waals surface area (Å²) in [6, 6.07) is 9.24. The smallest absolute Gasteiger partial charge is 0.274 e. The van der Waals surface area contributed by atoms with Gasteiger partial charge in [0.05, 0.1) is 0 Å². The third-order valence-electron chi connectivity index (χ3n) is 1.66. The quantitative estimate of drug-likeness (QED) is 0.770. The minimum Gasteiger partial charge on any atom is -0.274 e. The standard InChI is InChI=1S/C10H11NO4S/c12-10(11-16(13,14)15)8-4-7-9-5-2-1-3-6-9/h1-7H,8H2,(H,11,12)(H,13,14,15)/b7-4+. The second-order valence-corrected chi connectivity index (χ2v) is 4.17. The highest BCUT2D eigenvalue weighted by molar-refractivity contribution is 7.84. The van der Waals surface area contributed by atoms with Gasteiger partial charge in [-0.2, -0.15) is 8.42 Å². The Hall–Kier alpha value is -1.66. The molecular weight excluding hydrogens is 230 g/mol. The van der Waals surface area contributed by atoms with E-state index < -0.39 is 16.2 Å². The summed E-state index contributed by atoms with van der Waals surface area (Å²) in [5.41, 5.74) is 0.905. The summed E-state index contributed by atoms with van der Waals surface area (Å²) < 4.78 is 30.3. The van der Waals surface area contributed by atoms with E-state index in [1.54, 1.807) is 6.08 Å². The van der Waals surface area contributed by atoms with Crippen LogP contribution in [0.5, 0.6) is 0 Å². The summed E-state index contributed by atoms with van der Waals surface area (Å²) in [4.78, 5) is 10.9. The summed E-state index contributed by atoms with van der Waals surface area (Å²) in [5, 5.41) is 0. The summed E-state index contributed by atoms with van der Waals surface area (Å²) in [6.45, 7) is 0. The Kier molecular flexibility index (Phi) is 4.21. The first-order valence-corrected chi connectivity index (χ1v) is 5.91. The first kappa shape index (κ1) is 12.4. The number of carbonyl (C=O) groups is 1. The number of amides is 1. The molecule has 0 aliphatic rings.